The van der Waals surface area contributed by atoms with Crippen LogP contribution in [0, 0.1) is 28.6 Å². The number of likely N-dealkylation sites (tertiary alicyclic amines) is 1. The fourth-order valence-electron chi connectivity index (χ4n) is 10.4. The summed E-state index contributed by atoms with van der Waals surface area (Å²) in [6.07, 6.45) is 8.13. The lowest BCUT2D eigenvalue weighted by atomic mass is 9.52. The van der Waals surface area contributed by atoms with Crippen LogP contribution in [0.4, 0.5) is 9.18 Å². The molecule has 1 aromatic carbocycles. The van der Waals surface area contributed by atoms with Gasteiger partial charge in [0.1, 0.15) is 5.78 Å². The number of benzene rings is 1. The molecule has 2 heterocycles. The minimum atomic E-state index is -1.17. The van der Waals surface area contributed by atoms with Crippen LogP contribution in [-0.2, 0) is 16.0 Å². The maximum atomic E-state index is 14.1. The topological polar surface area (TPSA) is 68.3 Å². The number of hydrogen-bond acceptors (Lipinski definition) is 7. The molecular formula is C42H63B2FN2O5S. The van der Waals surface area contributed by atoms with Crippen molar-refractivity contribution in [2.24, 2.45) is 28.6 Å². The zero-order valence-electron chi connectivity index (χ0n) is 33.3. The number of alkyl halides is 1. The molecule has 2 saturated heterocycles. The first-order chi connectivity index (χ1) is 25.1. The third kappa shape index (κ3) is 8.67. The molecule has 1 amide bonds. The normalized spacial score (nSPS) is 29.1. The molecule has 2 aliphatic heterocycles. The number of hydrogen-bond donors (Lipinski definition) is 0. The molecule has 0 bridgehead atoms. The van der Waals surface area contributed by atoms with Crippen molar-refractivity contribution in [1.29, 1.82) is 0 Å². The molecule has 0 N–H and O–H groups in total. The van der Waals surface area contributed by atoms with Crippen LogP contribution in [0.1, 0.15) is 116 Å². The van der Waals surface area contributed by atoms with Crippen molar-refractivity contribution in [3.63, 3.8) is 0 Å². The van der Waals surface area contributed by atoms with E-state index in [2.05, 4.69) is 51.7 Å². The van der Waals surface area contributed by atoms with E-state index in [0.717, 1.165) is 89.8 Å². The van der Waals surface area contributed by atoms with Gasteiger partial charge in [-0.15, -0.1) is 0 Å². The lowest BCUT2D eigenvalue weighted by molar-refractivity contribution is -0.130. The highest BCUT2D eigenvalue weighted by molar-refractivity contribution is 8.00. The standard InChI is InChI=1S/C42H63B2FN2O5S/c1-40(2,41(3,4)53-23-7-8-33(45)38(43)44)15-11-27-24-28-25-35(52-39(49)47-17-13-29(14-18-47)46-19-21-51-22-20-46)34(50-6)26-31(28)30-12-16-42(5)32(37(27)30)9-10-36(42)48/h25-27,29-30,32-33,37-38H,7-24H2,1-6H3/t27-,30?,32?,33?,37?,42?/m1/s1. The van der Waals surface area contributed by atoms with Gasteiger partial charge in [-0.3, -0.25) is 9.69 Å². The minimum Gasteiger partial charge on any atom is -0.493 e. The number of piperidine rings is 1. The first-order valence-corrected chi connectivity index (χ1v) is 21.5. The van der Waals surface area contributed by atoms with Crippen molar-refractivity contribution in [3.8, 4) is 11.5 Å². The number of amides is 1. The van der Waals surface area contributed by atoms with E-state index < -0.39 is 11.9 Å². The summed E-state index contributed by atoms with van der Waals surface area (Å²) in [7, 11) is 12.8. The minimum absolute atomic E-state index is 0.0200. The highest BCUT2D eigenvalue weighted by atomic mass is 32.2. The van der Waals surface area contributed by atoms with E-state index >= 15 is 0 Å². The number of morpholine rings is 1. The summed E-state index contributed by atoms with van der Waals surface area (Å²) < 4.78 is 31.7. The highest BCUT2D eigenvalue weighted by Gasteiger charge is 2.57. The zero-order valence-corrected chi connectivity index (χ0v) is 34.1. The van der Waals surface area contributed by atoms with Gasteiger partial charge in [-0.25, -0.2) is 9.18 Å². The summed E-state index contributed by atoms with van der Waals surface area (Å²) in [5.74, 6) is 3.99. The molecule has 5 aliphatic rings. The Balaban J connectivity index is 1.18. The Morgan fingerprint density at radius 3 is 2.47 bits per heavy atom. The van der Waals surface area contributed by atoms with E-state index in [0.29, 0.717) is 72.9 Å². The van der Waals surface area contributed by atoms with Gasteiger partial charge in [0.05, 0.1) is 42.2 Å². The van der Waals surface area contributed by atoms with Crippen LogP contribution in [0.2, 0.25) is 5.72 Å². The molecule has 290 valence electrons. The number of methoxy groups -OCH3 is 1. The first-order valence-electron chi connectivity index (χ1n) is 20.5. The van der Waals surface area contributed by atoms with E-state index in [1.165, 1.54) is 11.1 Å². The lowest BCUT2D eigenvalue weighted by Crippen LogP contribution is -2.50. The number of thioether (sulfide) groups is 1. The Kier molecular flexibility index (Phi) is 13.0. The van der Waals surface area contributed by atoms with Gasteiger partial charge in [0.25, 0.3) is 0 Å². The Bertz CT molecular complexity index is 1450. The van der Waals surface area contributed by atoms with E-state index in [9.17, 15) is 14.0 Å². The molecule has 7 nitrogen and oxygen atoms in total. The number of carbonyl (C=O) groups excluding carboxylic acids is 2. The first kappa shape index (κ1) is 40.9. The second-order valence-corrected chi connectivity index (χ2v) is 19.8. The number of nitrogens with zero attached hydrogens (tertiary/aromatic N) is 2. The fourth-order valence-corrected chi connectivity index (χ4v) is 11.7. The molecule has 6 rings (SSSR count). The molecule has 6 atom stereocenters. The number of ketones is 1. The van der Waals surface area contributed by atoms with E-state index in [4.69, 9.17) is 29.9 Å². The van der Waals surface area contributed by atoms with Gasteiger partial charge in [0.2, 0.25) is 0 Å². The second-order valence-electron chi connectivity index (χ2n) is 18.1. The van der Waals surface area contributed by atoms with Crippen LogP contribution >= 0.6 is 11.8 Å². The van der Waals surface area contributed by atoms with Gasteiger partial charge >= 0.3 is 6.09 Å². The van der Waals surface area contributed by atoms with Crippen LogP contribution in [0.25, 0.3) is 0 Å². The Morgan fingerprint density at radius 2 is 1.79 bits per heavy atom. The molecule has 0 spiro atoms. The number of fused-ring (bicyclic) bond motifs is 5. The van der Waals surface area contributed by atoms with Crippen LogP contribution in [0.5, 0.6) is 11.5 Å². The Morgan fingerprint density at radius 1 is 1.08 bits per heavy atom. The van der Waals surface area contributed by atoms with Gasteiger partial charge in [0, 0.05) is 48.8 Å². The fraction of sp³-hybridized carbons (Fsp3) is 0.810. The van der Waals surface area contributed by atoms with E-state index in [1.807, 2.05) is 16.7 Å². The smallest absolute Gasteiger partial charge is 0.415 e. The molecule has 53 heavy (non-hydrogen) atoms. The van der Waals surface area contributed by atoms with Gasteiger partial charge in [-0.2, -0.15) is 11.8 Å². The summed E-state index contributed by atoms with van der Waals surface area (Å²) >= 11 is 1.92. The number of ether oxygens (including phenoxy) is 3. The summed E-state index contributed by atoms with van der Waals surface area (Å²) in [4.78, 5) is 31.3. The third-order valence-electron chi connectivity index (χ3n) is 14.6. The van der Waals surface area contributed by atoms with Crippen molar-refractivity contribution in [2.45, 2.75) is 134 Å². The molecule has 5 unspecified atom stereocenters. The van der Waals surface area contributed by atoms with Crippen LogP contribution in [-0.4, -0.2) is 107 Å². The molecule has 1 aromatic rings. The summed E-state index contributed by atoms with van der Waals surface area (Å²) in [6, 6.07) is 4.73. The predicted octanol–water partition coefficient (Wildman–Crippen LogP) is 8.16. The van der Waals surface area contributed by atoms with Crippen LogP contribution in [0.15, 0.2) is 12.1 Å². The summed E-state index contributed by atoms with van der Waals surface area (Å²) in [5, 5.41) is 0. The van der Waals surface area contributed by atoms with Crippen molar-refractivity contribution < 1.29 is 28.2 Å². The van der Waals surface area contributed by atoms with E-state index in [-0.39, 0.29) is 21.7 Å². The predicted molar refractivity (Wildman–Crippen MR) is 213 cm³/mol. The molecule has 11 heteroatoms. The molecular weight excluding hydrogens is 685 g/mol. The maximum absolute atomic E-state index is 14.1. The largest absolute Gasteiger partial charge is 0.493 e. The van der Waals surface area contributed by atoms with Gasteiger partial charge in [-0.1, -0.05) is 40.3 Å². The average molecular weight is 749 g/mol. The zero-order chi connectivity index (χ0) is 38.1. The van der Waals surface area contributed by atoms with Crippen LogP contribution < -0.4 is 9.47 Å². The molecule has 0 aromatic heterocycles. The molecule has 4 fully saturated rings. The molecule has 2 saturated carbocycles. The van der Waals surface area contributed by atoms with E-state index in [1.54, 1.807) is 7.11 Å². The van der Waals surface area contributed by atoms with Crippen molar-refractivity contribution >= 4 is 39.3 Å². The average Bonchev–Trinajstić information content (AvgIpc) is 3.45. The van der Waals surface area contributed by atoms with Gasteiger partial charge in [-0.05, 0) is 122 Å². The Labute approximate surface area is 325 Å². The monoisotopic (exact) mass is 748 g/mol. The van der Waals surface area contributed by atoms with Crippen molar-refractivity contribution in [2.75, 3.05) is 52.3 Å². The second kappa shape index (κ2) is 16.8. The van der Waals surface area contributed by atoms with Crippen molar-refractivity contribution in [1.82, 2.24) is 9.80 Å². The maximum Gasteiger partial charge on any atom is 0.415 e. The third-order valence-corrected chi connectivity index (χ3v) is 16.4. The van der Waals surface area contributed by atoms with Gasteiger partial charge in [0.15, 0.2) is 11.5 Å². The summed E-state index contributed by atoms with van der Waals surface area (Å²) in [6.45, 7) is 16.5. The summed E-state index contributed by atoms with van der Waals surface area (Å²) in [5.41, 5.74) is 1.43. The lowest BCUT2D eigenvalue weighted by Gasteiger charge is -2.52. The highest BCUT2D eigenvalue weighted by Crippen LogP contribution is 2.62. The van der Waals surface area contributed by atoms with Gasteiger partial charge < -0.3 is 19.1 Å². The quantitative estimate of drug-likeness (QED) is 0.149. The number of carbonyl (C=O) groups is 2. The molecule has 4 radical (unpaired) electrons. The number of rotatable bonds is 13. The van der Waals surface area contributed by atoms with Crippen molar-refractivity contribution in [3.05, 3.63) is 23.3 Å². The molecule has 3 aliphatic carbocycles. The number of Topliss-reactive ketones (excluding diaryl/α,β-unsaturated/α-hetero) is 1. The number of halogens is 1. The SMILES string of the molecule is [B]C([B])C(F)CCCSC(C)(C)C(C)(C)CC[C@@H]1Cc2cc(OC(=O)N3CCC(N4CCOCC4)CC3)c(OC)cc2C2CCC3(C)C(=O)CCC3C21. The van der Waals surface area contributed by atoms with Crippen LogP contribution in [0.3, 0.4) is 0 Å². The Hall–Kier alpha value is -1.71.